The maximum Gasteiger partial charge on any atom is 0.111 e. The van der Waals surface area contributed by atoms with Crippen LogP contribution in [0.15, 0.2) is 30.3 Å². The fourth-order valence-electron chi connectivity index (χ4n) is 1.97. The standard InChI is InChI=1S/C14H18N2O/c1-2-6-12-13(10-17)16-14(15-12)9-11-7-4-3-5-8-11/h3-5,7-8,17H,2,6,9-10H2,1H3,(H,15,16). The number of aromatic nitrogens is 2. The summed E-state index contributed by atoms with van der Waals surface area (Å²) in [5.74, 6) is 0.934. The van der Waals surface area contributed by atoms with E-state index in [0.717, 1.165) is 36.5 Å². The molecule has 0 fully saturated rings. The zero-order chi connectivity index (χ0) is 12.1. The van der Waals surface area contributed by atoms with E-state index in [1.807, 2.05) is 18.2 Å². The van der Waals surface area contributed by atoms with Crippen LogP contribution in [0.5, 0.6) is 0 Å². The zero-order valence-electron chi connectivity index (χ0n) is 10.1. The van der Waals surface area contributed by atoms with E-state index in [-0.39, 0.29) is 6.61 Å². The number of aliphatic hydroxyl groups excluding tert-OH is 1. The van der Waals surface area contributed by atoms with E-state index < -0.39 is 0 Å². The molecular weight excluding hydrogens is 212 g/mol. The third-order valence-corrected chi connectivity index (χ3v) is 2.78. The third kappa shape index (κ3) is 2.94. The van der Waals surface area contributed by atoms with Crippen LogP contribution in [0.25, 0.3) is 0 Å². The predicted molar refractivity (Wildman–Crippen MR) is 67.8 cm³/mol. The lowest BCUT2D eigenvalue weighted by molar-refractivity contribution is 0.276. The van der Waals surface area contributed by atoms with E-state index in [4.69, 9.17) is 0 Å². The SMILES string of the molecule is CCCc1[nH]c(Cc2ccccc2)nc1CO. The molecule has 0 aliphatic heterocycles. The average Bonchev–Trinajstić information content (AvgIpc) is 2.73. The minimum absolute atomic E-state index is 0.0145. The first-order chi connectivity index (χ1) is 8.33. The molecule has 0 radical (unpaired) electrons. The summed E-state index contributed by atoms with van der Waals surface area (Å²) in [6.07, 6.45) is 2.79. The number of benzene rings is 1. The summed E-state index contributed by atoms with van der Waals surface area (Å²) >= 11 is 0. The lowest BCUT2D eigenvalue weighted by Gasteiger charge is -1.97. The van der Waals surface area contributed by atoms with Gasteiger partial charge in [0.15, 0.2) is 0 Å². The van der Waals surface area contributed by atoms with Crippen LogP contribution in [-0.4, -0.2) is 15.1 Å². The summed E-state index contributed by atoms with van der Waals surface area (Å²) in [6, 6.07) is 10.2. The van der Waals surface area contributed by atoms with Crippen LogP contribution in [0.2, 0.25) is 0 Å². The molecule has 17 heavy (non-hydrogen) atoms. The van der Waals surface area contributed by atoms with Gasteiger partial charge in [-0.2, -0.15) is 0 Å². The van der Waals surface area contributed by atoms with E-state index >= 15 is 0 Å². The Balaban J connectivity index is 2.16. The first-order valence-electron chi connectivity index (χ1n) is 6.05. The second-order valence-electron chi connectivity index (χ2n) is 4.18. The van der Waals surface area contributed by atoms with Crippen molar-refractivity contribution < 1.29 is 5.11 Å². The molecule has 0 aliphatic rings. The van der Waals surface area contributed by atoms with Crippen LogP contribution in [0.3, 0.4) is 0 Å². The van der Waals surface area contributed by atoms with Gasteiger partial charge in [-0.05, 0) is 12.0 Å². The van der Waals surface area contributed by atoms with Gasteiger partial charge in [-0.25, -0.2) is 4.98 Å². The molecule has 90 valence electrons. The smallest absolute Gasteiger partial charge is 0.111 e. The van der Waals surface area contributed by atoms with Crippen LogP contribution in [-0.2, 0) is 19.4 Å². The number of H-pyrrole nitrogens is 1. The molecule has 1 heterocycles. The Hall–Kier alpha value is -1.61. The van der Waals surface area contributed by atoms with Gasteiger partial charge in [0.1, 0.15) is 5.82 Å². The second kappa shape index (κ2) is 5.64. The molecule has 1 aromatic heterocycles. The number of imidazole rings is 1. The highest BCUT2D eigenvalue weighted by Crippen LogP contribution is 2.12. The highest BCUT2D eigenvalue weighted by atomic mass is 16.3. The molecule has 3 heteroatoms. The monoisotopic (exact) mass is 230 g/mol. The maximum atomic E-state index is 9.24. The Morgan fingerprint density at radius 2 is 2.00 bits per heavy atom. The number of aryl methyl sites for hydroxylation is 1. The van der Waals surface area contributed by atoms with E-state index in [1.165, 1.54) is 5.56 Å². The van der Waals surface area contributed by atoms with Crippen molar-refractivity contribution >= 4 is 0 Å². The van der Waals surface area contributed by atoms with Crippen LogP contribution >= 0.6 is 0 Å². The lowest BCUT2D eigenvalue weighted by Crippen LogP contribution is -1.91. The number of rotatable bonds is 5. The largest absolute Gasteiger partial charge is 0.390 e. The number of nitrogens with zero attached hydrogens (tertiary/aromatic N) is 1. The topological polar surface area (TPSA) is 48.9 Å². The van der Waals surface area contributed by atoms with Gasteiger partial charge < -0.3 is 10.1 Å². The first-order valence-corrected chi connectivity index (χ1v) is 6.05. The Kier molecular flexibility index (Phi) is 3.94. The van der Waals surface area contributed by atoms with Gasteiger partial charge in [0, 0.05) is 12.1 Å². The number of aromatic amines is 1. The van der Waals surface area contributed by atoms with Gasteiger partial charge in [-0.3, -0.25) is 0 Å². The van der Waals surface area contributed by atoms with E-state index in [9.17, 15) is 5.11 Å². The fourth-order valence-corrected chi connectivity index (χ4v) is 1.97. The molecule has 0 saturated carbocycles. The van der Waals surface area contributed by atoms with Crippen LogP contribution in [0.1, 0.15) is 36.1 Å². The third-order valence-electron chi connectivity index (χ3n) is 2.78. The number of aliphatic hydroxyl groups is 1. The summed E-state index contributed by atoms with van der Waals surface area (Å²) in [5, 5.41) is 9.24. The first kappa shape index (κ1) is 11.9. The minimum Gasteiger partial charge on any atom is -0.390 e. The van der Waals surface area contributed by atoms with Crippen molar-refractivity contribution in [3.05, 3.63) is 53.1 Å². The van der Waals surface area contributed by atoms with Gasteiger partial charge >= 0.3 is 0 Å². The summed E-state index contributed by atoms with van der Waals surface area (Å²) < 4.78 is 0. The number of hydrogen-bond donors (Lipinski definition) is 2. The Labute approximate surface area is 102 Å². The van der Waals surface area contributed by atoms with Crippen molar-refractivity contribution in [1.82, 2.24) is 9.97 Å². The number of hydrogen-bond acceptors (Lipinski definition) is 2. The number of nitrogens with one attached hydrogen (secondary N) is 1. The maximum absolute atomic E-state index is 9.24. The van der Waals surface area contributed by atoms with Crippen molar-refractivity contribution in [2.24, 2.45) is 0 Å². The van der Waals surface area contributed by atoms with Crippen LogP contribution < -0.4 is 0 Å². The van der Waals surface area contributed by atoms with Crippen molar-refractivity contribution in [3.8, 4) is 0 Å². The average molecular weight is 230 g/mol. The van der Waals surface area contributed by atoms with Crippen molar-refractivity contribution in [2.45, 2.75) is 32.8 Å². The molecule has 0 bridgehead atoms. The summed E-state index contributed by atoms with van der Waals surface area (Å²) in [5.41, 5.74) is 3.09. The highest BCUT2D eigenvalue weighted by molar-refractivity contribution is 5.22. The molecule has 2 N–H and O–H groups in total. The molecule has 0 saturated heterocycles. The second-order valence-corrected chi connectivity index (χ2v) is 4.18. The minimum atomic E-state index is 0.0145. The normalized spacial score (nSPS) is 10.7. The molecule has 0 aliphatic carbocycles. The lowest BCUT2D eigenvalue weighted by atomic mass is 10.1. The van der Waals surface area contributed by atoms with E-state index in [0.29, 0.717) is 0 Å². The van der Waals surface area contributed by atoms with Crippen molar-refractivity contribution in [3.63, 3.8) is 0 Å². The molecule has 0 atom stereocenters. The van der Waals surface area contributed by atoms with Crippen molar-refractivity contribution in [1.29, 1.82) is 0 Å². The summed E-state index contributed by atoms with van der Waals surface area (Å²) in [6.45, 7) is 2.14. The molecular formula is C14H18N2O. The van der Waals surface area contributed by atoms with Crippen molar-refractivity contribution in [2.75, 3.05) is 0 Å². The molecule has 0 spiro atoms. The van der Waals surface area contributed by atoms with Gasteiger partial charge in [-0.15, -0.1) is 0 Å². The van der Waals surface area contributed by atoms with E-state index in [1.54, 1.807) is 0 Å². The predicted octanol–water partition coefficient (Wildman–Crippen LogP) is 2.45. The van der Waals surface area contributed by atoms with Gasteiger partial charge in [-0.1, -0.05) is 43.7 Å². The molecule has 0 amide bonds. The summed E-state index contributed by atoms with van der Waals surface area (Å²) in [4.78, 5) is 7.75. The fraction of sp³-hybridized carbons (Fsp3) is 0.357. The molecule has 1 aromatic carbocycles. The highest BCUT2D eigenvalue weighted by Gasteiger charge is 2.08. The zero-order valence-corrected chi connectivity index (χ0v) is 10.1. The Morgan fingerprint density at radius 3 is 2.65 bits per heavy atom. The van der Waals surface area contributed by atoms with Gasteiger partial charge in [0.25, 0.3) is 0 Å². The van der Waals surface area contributed by atoms with Crippen LogP contribution in [0, 0.1) is 0 Å². The van der Waals surface area contributed by atoms with E-state index in [2.05, 4.69) is 29.0 Å². The Bertz CT molecular complexity index is 462. The Morgan fingerprint density at radius 1 is 1.24 bits per heavy atom. The molecule has 3 nitrogen and oxygen atoms in total. The quantitative estimate of drug-likeness (QED) is 0.829. The van der Waals surface area contributed by atoms with Gasteiger partial charge in [0.05, 0.1) is 12.3 Å². The summed E-state index contributed by atoms with van der Waals surface area (Å²) in [7, 11) is 0. The molecule has 2 aromatic rings. The van der Waals surface area contributed by atoms with Gasteiger partial charge in [0.2, 0.25) is 0 Å². The molecule has 2 rings (SSSR count). The molecule has 0 unspecified atom stereocenters. The van der Waals surface area contributed by atoms with Crippen LogP contribution in [0.4, 0.5) is 0 Å².